The Hall–Kier alpha value is -1.60. The van der Waals surface area contributed by atoms with Gasteiger partial charge in [-0.3, -0.25) is 4.79 Å². The molecule has 1 heterocycles. The Morgan fingerprint density at radius 2 is 1.92 bits per heavy atom. The third-order valence-corrected chi connectivity index (χ3v) is 5.85. The molecule has 0 radical (unpaired) electrons. The van der Waals surface area contributed by atoms with Gasteiger partial charge in [-0.25, -0.2) is 0 Å². The number of hydrogen-bond acceptors (Lipinski definition) is 5. The van der Waals surface area contributed by atoms with Crippen LogP contribution in [0.4, 0.5) is 5.13 Å². The lowest BCUT2D eigenvalue weighted by molar-refractivity contribution is -0.115. The summed E-state index contributed by atoms with van der Waals surface area (Å²) in [6.45, 7) is 0. The number of anilines is 1. The lowest BCUT2D eigenvalue weighted by Crippen LogP contribution is -2.14. The molecule has 4 nitrogen and oxygen atoms in total. The van der Waals surface area contributed by atoms with Crippen molar-refractivity contribution in [3.8, 4) is 0 Å². The number of benzene rings is 2. The van der Waals surface area contributed by atoms with Crippen molar-refractivity contribution in [2.24, 2.45) is 0 Å². The first-order valence-electron chi connectivity index (χ1n) is 7.34. The van der Waals surface area contributed by atoms with Crippen molar-refractivity contribution in [3.05, 3.63) is 69.7 Å². The lowest BCUT2D eigenvalue weighted by Gasteiger charge is -2.04. The van der Waals surface area contributed by atoms with Gasteiger partial charge in [-0.1, -0.05) is 82.7 Å². The van der Waals surface area contributed by atoms with E-state index in [4.69, 9.17) is 23.2 Å². The highest BCUT2D eigenvalue weighted by Gasteiger charge is 2.11. The molecule has 0 aliphatic rings. The van der Waals surface area contributed by atoms with Crippen molar-refractivity contribution in [2.75, 3.05) is 5.32 Å². The van der Waals surface area contributed by atoms with E-state index in [0.717, 1.165) is 10.1 Å². The van der Waals surface area contributed by atoms with Gasteiger partial charge in [0.1, 0.15) is 0 Å². The number of nitrogens with one attached hydrogen (secondary N) is 1. The van der Waals surface area contributed by atoms with Gasteiger partial charge >= 0.3 is 0 Å². The normalized spacial score (nSPS) is 10.6. The molecule has 3 rings (SSSR count). The van der Waals surface area contributed by atoms with Gasteiger partial charge in [0.15, 0.2) is 4.34 Å². The average Bonchev–Trinajstić information content (AvgIpc) is 3.04. The van der Waals surface area contributed by atoms with Crippen LogP contribution in [0, 0.1) is 0 Å². The highest BCUT2D eigenvalue weighted by atomic mass is 35.5. The first kappa shape index (κ1) is 18.2. The minimum atomic E-state index is -0.194. The summed E-state index contributed by atoms with van der Waals surface area (Å²) in [5.74, 6) is 0.615. The molecule has 25 heavy (non-hydrogen) atoms. The topological polar surface area (TPSA) is 54.9 Å². The third-order valence-electron chi connectivity index (χ3n) is 3.22. The Morgan fingerprint density at radius 1 is 1.12 bits per heavy atom. The molecule has 0 saturated heterocycles. The molecule has 0 aliphatic heterocycles. The third kappa shape index (κ3) is 5.44. The van der Waals surface area contributed by atoms with E-state index in [0.29, 0.717) is 20.7 Å². The van der Waals surface area contributed by atoms with E-state index < -0.39 is 0 Å². The molecule has 0 aliphatic carbocycles. The van der Waals surface area contributed by atoms with Crippen LogP contribution in [0.15, 0.2) is 52.9 Å². The van der Waals surface area contributed by atoms with Gasteiger partial charge in [-0.2, -0.15) is 0 Å². The lowest BCUT2D eigenvalue weighted by atomic mass is 10.1. The zero-order chi connectivity index (χ0) is 17.6. The van der Waals surface area contributed by atoms with Crippen LogP contribution in [0.3, 0.4) is 0 Å². The molecule has 0 saturated carbocycles. The molecule has 128 valence electrons. The fourth-order valence-corrected chi connectivity index (χ4v) is 4.24. The number of thioether (sulfide) groups is 1. The van der Waals surface area contributed by atoms with Gasteiger partial charge in [0.2, 0.25) is 11.0 Å². The maximum Gasteiger partial charge on any atom is 0.230 e. The summed E-state index contributed by atoms with van der Waals surface area (Å²) < 4.78 is 0.809. The van der Waals surface area contributed by atoms with Gasteiger partial charge in [0, 0.05) is 15.8 Å². The van der Waals surface area contributed by atoms with E-state index in [2.05, 4.69) is 27.6 Å². The fraction of sp³-hybridized carbons (Fsp3) is 0.118. The van der Waals surface area contributed by atoms with Crippen molar-refractivity contribution >= 4 is 57.3 Å². The summed E-state index contributed by atoms with van der Waals surface area (Å²) in [5, 5.41) is 12.3. The van der Waals surface area contributed by atoms with E-state index in [9.17, 15) is 4.79 Å². The molecular formula is C17H13Cl2N3OS2. The van der Waals surface area contributed by atoms with Crippen LogP contribution in [0.25, 0.3) is 0 Å². The number of hydrogen-bond donors (Lipinski definition) is 1. The Kier molecular flexibility index (Phi) is 6.31. The van der Waals surface area contributed by atoms with Crippen molar-refractivity contribution in [2.45, 2.75) is 16.5 Å². The maximum atomic E-state index is 12.1. The number of carbonyl (C=O) groups excluding carboxylic acids is 1. The monoisotopic (exact) mass is 409 g/mol. The minimum Gasteiger partial charge on any atom is -0.300 e. The summed E-state index contributed by atoms with van der Waals surface area (Å²) in [5.41, 5.74) is 1.93. The fourth-order valence-electron chi connectivity index (χ4n) is 2.04. The second-order valence-electron chi connectivity index (χ2n) is 5.11. The predicted molar refractivity (Wildman–Crippen MR) is 105 cm³/mol. The molecule has 2 aromatic carbocycles. The first-order valence-corrected chi connectivity index (χ1v) is 9.90. The second kappa shape index (κ2) is 8.67. The van der Waals surface area contributed by atoms with Crippen LogP contribution in [0.5, 0.6) is 0 Å². The highest BCUT2D eigenvalue weighted by molar-refractivity contribution is 8.00. The highest BCUT2D eigenvalue weighted by Crippen LogP contribution is 2.28. The number of carbonyl (C=O) groups is 1. The van der Waals surface area contributed by atoms with Crippen molar-refractivity contribution in [1.82, 2.24) is 10.2 Å². The average molecular weight is 410 g/mol. The molecule has 0 unspecified atom stereocenters. The first-order chi connectivity index (χ1) is 12.1. The smallest absolute Gasteiger partial charge is 0.230 e. The van der Waals surface area contributed by atoms with Gasteiger partial charge in [-0.15, -0.1) is 10.2 Å². The predicted octanol–water partition coefficient (Wildman–Crippen LogP) is 5.32. The summed E-state index contributed by atoms with van der Waals surface area (Å²) in [6, 6.07) is 15.2. The van der Waals surface area contributed by atoms with Crippen LogP contribution in [0.1, 0.15) is 11.1 Å². The zero-order valence-electron chi connectivity index (χ0n) is 12.9. The van der Waals surface area contributed by atoms with Crippen LogP contribution in [-0.2, 0) is 17.0 Å². The van der Waals surface area contributed by atoms with Gasteiger partial charge in [0.25, 0.3) is 0 Å². The van der Waals surface area contributed by atoms with Crippen LogP contribution >= 0.6 is 46.3 Å². The minimum absolute atomic E-state index is 0.155. The Morgan fingerprint density at radius 3 is 2.68 bits per heavy atom. The van der Waals surface area contributed by atoms with Crippen molar-refractivity contribution in [1.29, 1.82) is 0 Å². The number of amides is 1. The Bertz CT molecular complexity index is 871. The molecular weight excluding hydrogens is 397 g/mol. The van der Waals surface area contributed by atoms with Crippen LogP contribution in [0.2, 0.25) is 10.0 Å². The van der Waals surface area contributed by atoms with Crippen molar-refractivity contribution < 1.29 is 4.79 Å². The summed E-state index contributed by atoms with van der Waals surface area (Å²) in [6.07, 6.45) is 0.155. The van der Waals surface area contributed by atoms with Crippen molar-refractivity contribution in [3.63, 3.8) is 0 Å². The zero-order valence-corrected chi connectivity index (χ0v) is 16.1. The Balaban J connectivity index is 1.54. The second-order valence-corrected chi connectivity index (χ2v) is 8.15. The number of nitrogens with zero attached hydrogens (tertiary/aromatic N) is 2. The summed E-state index contributed by atoms with van der Waals surface area (Å²) in [7, 11) is 0. The Labute approximate surface area is 163 Å². The molecule has 1 aromatic heterocycles. The standard InChI is InChI=1S/C17H13Cl2N3OS2/c18-13-7-6-12(14(19)9-13)8-15(23)20-16-21-22-17(25-16)24-10-11-4-2-1-3-5-11/h1-7,9H,8,10H2,(H,20,21,23). The molecule has 1 amide bonds. The molecule has 0 bridgehead atoms. The van der Waals surface area contributed by atoms with E-state index >= 15 is 0 Å². The van der Waals surface area contributed by atoms with E-state index in [-0.39, 0.29) is 12.3 Å². The quantitative estimate of drug-likeness (QED) is 0.442. The van der Waals surface area contributed by atoms with E-state index in [1.807, 2.05) is 18.2 Å². The van der Waals surface area contributed by atoms with Gasteiger partial charge in [-0.05, 0) is 23.3 Å². The number of aromatic nitrogens is 2. The molecule has 8 heteroatoms. The molecule has 1 N–H and O–H groups in total. The van der Waals surface area contributed by atoms with Crippen LogP contribution < -0.4 is 5.32 Å². The van der Waals surface area contributed by atoms with Gasteiger partial charge < -0.3 is 5.32 Å². The van der Waals surface area contributed by atoms with Gasteiger partial charge in [0.05, 0.1) is 6.42 Å². The largest absolute Gasteiger partial charge is 0.300 e. The molecule has 0 atom stereocenters. The summed E-state index contributed by atoms with van der Waals surface area (Å²) >= 11 is 14.9. The maximum absolute atomic E-state index is 12.1. The van der Waals surface area contributed by atoms with Crippen LogP contribution in [-0.4, -0.2) is 16.1 Å². The SMILES string of the molecule is O=C(Cc1ccc(Cl)cc1Cl)Nc1nnc(SCc2ccccc2)s1. The molecule has 0 spiro atoms. The molecule has 0 fully saturated rings. The van der Waals surface area contributed by atoms with E-state index in [1.54, 1.807) is 30.0 Å². The van der Waals surface area contributed by atoms with E-state index in [1.165, 1.54) is 16.9 Å². The summed E-state index contributed by atoms with van der Waals surface area (Å²) in [4.78, 5) is 12.1. The number of halogens is 2. The number of rotatable bonds is 6. The molecule has 3 aromatic rings.